The Balaban J connectivity index is 1.91. The van der Waals surface area contributed by atoms with Crippen LogP contribution in [-0.4, -0.2) is 11.1 Å². The van der Waals surface area contributed by atoms with Gasteiger partial charge in [0.1, 0.15) is 17.2 Å². The number of benzene rings is 3. The van der Waals surface area contributed by atoms with Crippen LogP contribution < -0.4 is 9.47 Å². The fourth-order valence-corrected chi connectivity index (χ4v) is 2.74. The average molecular weight is 378 g/mol. The van der Waals surface area contributed by atoms with Gasteiger partial charge in [-0.3, -0.25) is 0 Å². The van der Waals surface area contributed by atoms with Crippen LogP contribution in [0.15, 0.2) is 78.4 Å². The summed E-state index contributed by atoms with van der Waals surface area (Å²) in [6.45, 7) is 3.48. The normalized spacial score (nSPS) is 10.2. The van der Waals surface area contributed by atoms with Gasteiger partial charge in [0.25, 0.3) is 0 Å². The molecule has 0 radical (unpaired) electrons. The molecule has 3 rings (SSSR count). The lowest BCUT2D eigenvalue weighted by Gasteiger charge is -2.14. The molecule has 0 unspecified atom stereocenters. The molecule has 3 aromatic rings. The van der Waals surface area contributed by atoms with E-state index in [1.807, 2.05) is 0 Å². The number of carboxylic acid groups (broad SMARTS) is 1. The largest absolute Gasteiger partial charge is 0.478 e. The predicted octanol–water partition coefficient (Wildman–Crippen LogP) is 6.29. The number of hydrogen-bond acceptors (Lipinski definition) is 3. The van der Waals surface area contributed by atoms with E-state index in [9.17, 15) is 14.3 Å². The Morgan fingerprint density at radius 2 is 1.39 bits per heavy atom. The predicted molar refractivity (Wildman–Crippen MR) is 105 cm³/mol. The van der Waals surface area contributed by atoms with Gasteiger partial charge in [0.15, 0.2) is 11.6 Å². The first kappa shape index (κ1) is 19.2. The Kier molecular flexibility index (Phi) is 5.75. The molecule has 0 atom stereocenters. The first-order valence-corrected chi connectivity index (χ1v) is 8.66. The summed E-state index contributed by atoms with van der Waals surface area (Å²) in [5.41, 5.74) is 1.34. The molecule has 4 nitrogen and oxygen atoms in total. The number of carboxylic acids is 1. The Hall–Kier alpha value is -3.60. The topological polar surface area (TPSA) is 55.8 Å². The number of hydrogen-bond donors (Lipinski definition) is 1. The van der Waals surface area contributed by atoms with Gasteiger partial charge in [-0.25, -0.2) is 9.18 Å². The van der Waals surface area contributed by atoms with Crippen LogP contribution in [0.4, 0.5) is 4.39 Å². The molecule has 5 heteroatoms. The van der Waals surface area contributed by atoms with Crippen molar-refractivity contribution < 1.29 is 23.8 Å². The second kappa shape index (κ2) is 8.39. The highest BCUT2D eigenvalue weighted by molar-refractivity contribution is 6.17. The van der Waals surface area contributed by atoms with Crippen LogP contribution in [0.2, 0.25) is 0 Å². The van der Waals surface area contributed by atoms with Crippen molar-refractivity contribution in [3.63, 3.8) is 0 Å². The second-order valence-electron chi connectivity index (χ2n) is 6.29. The monoisotopic (exact) mass is 378 g/mol. The standard InChI is InChI=1S/C23H19FO4/c1-15(2)22(23(25)26)18-10-3-5-12-20(18)27-16-8-7-9-17(14-16)28-21-13-6-4-11-19(21)24/h3-14H,1-2H3,(H,25,26). The molecule has 0 saturated carbocycles. The Labute approximate surface area is 162 Å². The van der Waals surface area contributed by atoms with Gasteiger partial charge in [0, 0.05) is 11.6 Å². The first-order chi connectivity index (χ1) is 13.5. The van der Waals surface area contributed by atoms with Crippen LogP contribution in [0.5, 0.6) is 23.0 Å². The molecule has 0 amide bonds. The number of halogens is 1. The van der Waals surface area contributed by atoms with Crippen molar-refractivity contribution in [3.8, 4) is 23.0 Å². The minimum Gasteiger partial charge on any atom is -0.478 e. The lowest BCUT2D eigenvalue weighted by atomic mass is 10.0. The summed E-state index contributed by atoms with van der Waals surface area (Å²) in [6.07, 6.45) is 0. The van der Waals surface area contributed by atoms with Gasteiger partial charge >= 0.3 is 5.97 Å². The van der Waals surface area contributed by atoms with Crippen molar-refractivity contribution in [2.24, 2.45) is 0 Å². The quantitative estimate of drug-likeness (QED) is 0.512. The summed E-state index contributed by atoms with van der Waals surface area (Å²) in [4.78, 5) is 11.7. The van der Waals surface area contributed by atoms with Crippen molar-refractivity contribution >= 4 is 11.5 Å². The van der Waals surface area contributed by atoms with Crippen LogP contribution >= 0.6 is 0 Å². The molecule has 0 heterocycles. The smallest absolute Gasteiger partial charge is 0.336 e. The second-order valence-corrected chi connectivity index (χ2v) is 6.29. The summed E-state index contributed by atoms with van der Waals surface area (Å²) < 4.78 is 25.3. The van der Waals surface area contributed by atoms with Gasteiger partial charge in [0.05, 0.1) is 5.57 Å². The zero-order chi connectivity index (χ0) is 20.1. The molecule has 0 fully saturated rings. The van der Waals surface area contributed by atoms with E-state index in [0.717, 1.165) is 0 Å². The highest BCUT2D eigenvalue weighted by Gasteiger charge is 2.17. The van der Waals surface area contributed by atoms with E-state index in [-0.39, 0.29) is 11.3 Å². The van der Waals surface area contributed by atoms with E-state index in [4.69, 9.17) is 9.47 Å². The van der Waals surface area contributed by atoms with Crippen molar-refractivity contribution in [1.82, 2.24) is 0 Å². The van der Waals surface area contributed by atoms with E-state index in [1.165, 1.54) is 12.1 Å². The maximum absolute atomic E-state index is 13.8. The SMILES string of the molecule is CC(C)=C(C(=O)O)c1ccccc1Oc1cccc(Oc2ccccc2F)c1. The van der Waals surface area contributed by atoms with Gasteiger partial charge in [-0.1, -0.05) is 42.0 Å². The van der Waals surface area contributed by atoms with Gasteiger partial charge < -0.3 is 14.6 Å². The molecule has 142 valence electrons. The maximum Gasteiger partial charge on any atom is 0.336 e. The summed E-state index contributed by atoms with van der Waals surface area (Å²) in [5.74, 6) is -0.121. The highest BCUT2D eigenvalue weighted by atomic mass is 19.1. The summed E-state index contributed by atoms with van der Waals surface area (Å²) in [5, 5.41) is 9.55. The maximum atomic E-state index is 13.8. The van der Waals surface area contributed by atoms with Crippen molar-refractivity contribution in [2.45, 2.75) is 13.8 Å². The van der Waals surface area contributed by atoms with Crippen molar-refractivity contribution in [3.05, 3.63) is 89.8 Å². The third kappa shape index (κ3) is 4.38. The fraction of sp³-hybridized carbons (Fsp3) is 0.0870. The van der Waals surface area contributed by atoms with E-state index in [1.54, 1.807) is 74.5 Å². The minimum absolute atomic E-state index is 0.109. The van der Waals surface area contributed by atoms with Crippen molar-refractivity contribution in [1.29, 1.82) is 0 Å². The molecular formula is C23H19FO4. The van der Waals surface area contributed by atoms with Gasteiger partial charge in [0.2, 0.25) is 0 Å². The molecule has 1 N–H and O–H groups in total. The zero-order valence-electron chi connectivity index (χ0n) is 15.5. The van der Waals surface area contributed by atoms with Gasteiger partial charge in [-0.05, 0) is 44.2 Å². The van der Waals surface area contributed by atoms with Crippen molar-refractivity contribution in [2.75, 3.05) is 0 Å². The van der Waals surface area contributed by atoms with E-state index in [2.05, 4.69) is 0 Å². The van der Waals surface area contributed by atoms with Crippen LogP contribution in [0.25, 0.3) is 5.57 Å². The average Bonchev–Trinajstić information content (AvgIpc) is 2.65. The zero-order valence-corrected chi connectivity index (χ0v) is 15.5. The third-order valence-corrected chi connectivity index (χ3v) is 3.97. The molecule has 0 aliphatic heterocycles. The summed E-state index contributed by atoms with van der Waals surface area (Å²) in [7, 11) is 0. The third-order valence-electron chi connectivity index (χ3n) is 3.97. The minimum atomic E-state index is -1.02. The molecule has 0 aliphatic carbocycles. The number of para-hydroxylation sites is 2. The first-order valence-electron chi connectivity index (χ1n) is 8.66. The van der Waals surface area contributed by atoms with Gasteiger partial charge in [-0.15, -0.1) is 0 Å². The Morgan fingerprint density at radius 3 is 2.00 bits per heavy atom. The van der Waals surface area contributed by atoms with Gasteiger partial charge in [-0.2, -0.15) is 0 Å². The lowest BCUT2D eigenvalue weighted by molar-refractivity contribution is -0.130. The number of ether oxygens (including phenoxy) is 2. The summed E-state index contributed by atoms with van der Waals surface area (Å²) in [6, 6.07) is 19.8. The van der Waals surface area contributed by atoms with Crippen LogP contribution in [-0.2, 0) is 4.79 Å². The number of aliphatic carboxylic acids is 1. The Morgan fingerprint density at radius 1 is 0.821 bits per heavy atom. The molecule has 28 heavy (non-hydrogen) atoms. The molecule has 0 spiro atoms. The van der Waals surface area contributed by atoms with Crippen LogP contribution in [0.1, 0.15) is 19.4 Å². The molecule has 0 aromatic heterocycles. The molecule has 0 bridgehead atoms. The van der Waals surface area contributed by atoms with Crippen LogP contribution in [0.3, 0.4) is 0 Å². The molecule has 0 aliphatic rings. The Bertz CT molecular complexity index is 1040. The number of carbonyl (C=O) groups is 1. The van der Waals surface area contributed by atoms with E-state index >= 15 is 0 Å². The molecular weight excluding hydrogens is 359 g/mol. The molecule has 0 saturated heterocycles. The van der Waals surface area contributed by atoms with E-state index in [0.29, 0.717) is 28.4 Å². The van der Waals surface area contributed by atoms with E-state index < -0.39 is 11.8 Å². The summed E-state index contributed by atoms with van der Waals surface area (Å²) >= 11 is 0. The number of allylic oxidation sites excluding steroid dienone is 1. The lowest BCUT2D eigenvalue weighted by Crippen LogP contribution is -2.03. The number of rotatable bonds is 6. The van der Waals surface area contributed by atoms with Crippen LogP contribution in [0, 0.1) is 5.82 Å². The molecule has 3 aromatic carbocycles. The highest BCUT2D eigenvalue weighted by Crippen LogP contribution is 2.34. The fourth-order valence-electron chi connectivity index (χ4n) is 2.74.